The van der Waals surface area contributed by atoms with Crippen molar-refractivity contribution in [1.82, 2.24) is 4.90 Å². The molecule has 0 spiro atoms. The molecule has 3 aliphatic rings. The van der Waals surface area contributed by atoms with Gasteiger partial charge in [0.05, 0.1) is 5.60 Å². The topological polar surface area (TPSA) is 23.5 Å². The van der Waals surface area contributed by atoms with Crippen molar-refractivity contribution < 1.29 is 5.11 Å². The van der Waals surface area contributed by atoms with Gasteiger partial charge in [-0.1, -0.05) is 12.8 Å². The number of rotatable bonds is 3. The van der Waals surface area contributed by atoms with Crippen LogP contribution < -0.4 is 0 Å². The monoisotopic (exact) mass is 195 g/mol. The lowest BCUT2D eigenvalue weighted by atomic mass is 9.94. The van der Waals surface area contributed by atoms with E-state index in [-0.39, 0.29) is 5.60 Å². The summed E-state index contributed by atoms with van der Waals surface area (Å²) in [6.45, 7) is 3.23. The summed E-state index contributed by atoms with van der Waals surface area (Å²) < 4.78 is 0. The first-order valence-electron chi connectivity index (χ1n) is 6.14. The maximum atomic E-state index is 10.5. The molecule has 0 bridgehead atoms. The molecule has 2 aliphatic carbocycles. The van der Waals surface area contributed by atoms with Gasteiger partial charge in [-0.2, -0.15) is 0 Å². The van der Waals surface area contributed by atoms with Crippen LogP contribution in [0, 0.1) is 5.92 Å². The van der Waals surface area contributed by atoms with Crippen molar-refractivity contribution in [3.05, 3.63) is 0 Å². The van der Waals surface area contributed by atoms with Crippen molar-refractivity contribution in [3.63, 3.8) is 0 Å². The van der Waals surface area contributed by atoms with E-state index in [1.165, 1.54) is 25.7 Å². The van der Waals surface area contributed by atoms with Crippen LogP contribution in [0.25, 0.3) is 0 Å². The van der Waals surface area contributed by atoms with Crippen molar-refractivity contribution in [2.24, 2.45) is 5.92 Å². The van der Waals surface area contributed by atoms with Crippen molar-refractivity contribution in [2.75, 3.05) is 6.54 Å². The predicted octanol–water partition coefficient (Wildman–Crippen LogP) is 1.77. The fraction of sp³-hybridized carbons (Fsp3) is 1.00. The number of likely N-dealkylation sites (tertiary alicyclic amines) is 1. The Balaban J connectivity index is 1.64. The van der Waals surface area contributed by atoms with Gasteiger partial charge in [-0.3, -0.25) is 4.90 Å². The summed E-state index contributed by atoms with van der Waals surface area (Å²) >= 11 is 0. The Labute approximate surface area is 86.3 Å². The summed E-state index contributed by atoms with van der Waals surface area (Å²) in [5, 5.41) is 10.5. The van der Waals surface area contributed by atoms with Gasteiger partial charge in [-0.05, 0) is 38.5 Å². The van der Waals surface area contributed by atoms with E-state index in [4.69, 9.17) is 0 Å². The largest absolute Gasteiger partial charge is 0.388 e. The average Bonchev–Trinajstić information content (AvgIpc) is 2.93. The molecular weight excluding hydrogens is 174 g/mol. The predicted molar refractivity (Wildman–Crippen MR) is 56.1 cm³/mol. The van der Waals surface area contributed by atoms with Crippen LogP contribution in [0.15, 0.2) is 0 Å². The Hall–Kier alpha value is -0.0800. The minimum absolute atomic E-state index is 0.330. The molecule has 1 saturated heterocycles. The lowest BCUT2D eigenvalue weighted by molar-refractivity contribution is 0.0343. The molecule has 0 radical (unpaired) electrons. The third-order valence-corrected chi connectivity index (χ3v) is 4.10. The van der Waals surface area contributed by atoms with E-state index in [1.54, 1.807) is 0 Å². The lowest BCUT2D eigenvalue weighted by Crippen LogP contribution is -2.35. The smallest absolute Gasteiger partial charge is 0.0791 e. The first kappa shape index (κ1) is 9.17. The van der Waals surface area contributed by atoms with Gasteiger partial charge in [0, 0.05) is 18.6 Å². The molecular formula is C12H21NO. The Morgan fingerprint density at radius 3 is 2.57 bits per heavy atom. The molecule has 80 valence electrons. The molecule has 1 N–H and O–H groups in total. The van der Waals surface area contributed by atoms with Crippen molar-refractivity contribution in [2.45, 2.75) is 63.1 Å². The molecule has 1 aliphatic heterocycles. The molecule has 2 unspecified atom stereocenters. The van der Waals surface area contributed by atoms with Gasteiger partial charge in [-0.25, -0.2) is 0 Å². The van der Waals surface area contributed by atoms with E-state index in [9.17, 15) is 5.11 Å². The normalized spacial score (nSPS) is 44.6. The van der Waals surface area contributed by atoms with Crippen LogP contribution in [0.2, 0.25) is 0 Å². The SMILES string of the molecule is CC1CC(O)(CC2CC2)CN1C1CC1. The number of aliphatic hydroxyl groups is 1. The van der Waals surface area contributed by atoms with Crippen molar-refractivity contribution >= 4 is 0 Å². The van der Waals surface area contributed by atoms with Crippen molar-refractivity contribution in [1.29, 1.82) is 0 Å². The maximum absolute atomic E-state index is 10.5. The quantitative estimate of drug-likeness (QED) is 0.742. The molecule has 1 heterocycles. The van der Waals surface area contributed by atoms with E-state index in [2.05, 4.69) is 11.8 Å². The minimum Gasteiger partial charge on any atom is -0.388 e. The minimum atomic E-state index is -0.330. The van der Waals surface area contributed by atoms with Gasteiger partial charge in [0.25, 0.3) is 0 Å². The highest BCUT2D eigenvalue weighted by atomic mass is 16.3. The zero-order valence-corrected chi connectivity index (χ0v) is 9.08. The van der Waals surface area contributed by atoms with Gasteiger partial charge >= 0.3 is 0 Å². The molecule has 2 heteroatoms. The van der Waals surface area contributed by atoms with Gasteiger partial charge in [-0.15, -0.1) is 0 Å². The molecule has 0 amide bonds. The van der Waals surface area contributed by atoms with Gasteiger partial charge in [0.1, 0.15) is 0 Å². The second kappa shape index (κ2) is 2.96. The second-order valence-corrected chi connectivity index (χ2v) is 5.83. The summed E-state index contributed by atoms with van der Waals surface area (Å²) in [6.07, 6.45) is 7.54. The number of hydrogen-bond acceptors (Lipinski definition) is 2. The lowest BCUT2D eigenvalue weighted by Gasteiger charge is -2.23. The standard InChI is InChI=1S/C12H21NO/c1-9-6-12(14,7-10-2-3-10)8-13(9)11-4-5-11/h9-11,14H,2-8H2,1H3. The summed E-state index contributed by atoms with van der Waals surface area (Å²) in [7, 11) is 0. The number of nitrogens with zero attached hydrogens (tertiary/aromatic N) is 1. The summed E-state index contributed by atoms with van der Waals surface area (Å²) in [5.41, 5.74) is -0.330. The van der Waals surface area contributed by atoms with Crippen LogP contribution in [0.1, 0.15) is 45.4 Å². The first-order valence-corrected chi connectivity index (χ1v) is 6.14. The van der Waals surface area contributed by atoms with Crippen LogP contribution in [0.3, 0.4) is 0 Å². The van der Waals surface area contributed by atoms with Crippen LogP contribution in [-0.4, -0.2) is 34.2 Å². The summed E-state index contributed by atoms with van der Waals surface area (Å²) in [6, 6.07) is 1.43. The van der Waals surface area contributed by atoms with E-state index in [0.29, 0.717) is 6.04 Å². The average molecular weight is 195 g/mol. The van der Waals surface area contributed by atoms with Crippen LogP contribution >= 0.6 is 0 Å². The van der Waals surface area contributed by atoms with Crippen LogP contribution in [0.5, 0.6) is 0 Å². The molecule has 3 fully saturated rings. The Morgan fingerprint density at radius 2 is 2.00 bits per heavy atom. The van der Waals surface area contributed by atoms with Crippen LogP contribution in [-0.2, 0) is 0 Å². The zero-order valence-electron chi connectivity index (χ0n) is 9.08. The number of hydrogen-bond donors (Lipinski definition) is 1. The molecule has 14 heavy (non-hydrogen) atoms. The van der Waals surface area contributed by atoms with Gasteiger partial charge in [0.2, 0.25) is 0 Å². The summed E-state index contributed by atoms with van der Waals surface area (Å²) in [4.78, 5) is 2.54. The Morgan fingerprint density at radius 1 is 1.29 bits per heavy atom. The van der Waals surface area contributed by atoms with E-state index >= 15 is 0 Å². The second-order valence-electron chi connectivity index (χ2n) is 5.83. The molecule has 0 aromatic carbocycles. The zero-order chi connectivity index (χ0) is 9.76. The number of β-amino-alcohol motifs (C(OH)–C–C–N with tert-alkyl or cyclic N) is 1. The molecule has 2 saturated carbocycles. The third kappa shape index (κ3) is 1.70. The Kier molecular flexibility index (Phi) is 1.94. The van der Waals surface area contributed by atoms with Crippen molar-refractivity contribution in [3.8, 4) is 0 Å². The molecule has 2 nitrogen and oxygen atoms in total. The van der Waals surface area contributed by atoms with Gasteiger partial charge < -0.3 is 5.11 Å². The molecule has 3 rings (SSSR count). The van der Waals surface area contributed by atoms with Crippen LogP contribution in [0.4, 0.5) is 0 Å². The maximum Gasteiger partial charge on any atom is 0.0791 e. The summed E-state index contributed by atoms with van der Waals surface area (Å²) in [5.74, 6) is 0.853. The highest BCUT2D eigenvalue weighted by Crippen LogP contribution is 2.44. The fourth-order valence-corrected chi connectivity index (χ4v) is 3.13. The third-order valence-electron chi connectivity index (χ3n) is 4.10. The first-order chi connectivity index (χ1) is 6.66. The van der Waals surface area contributed by atoms with E-state index in [1.807, 2.05) is 0 Å². The molecule has 0 aromatic rings. The van der Waals surface area contributed by atoms with Gasteiger partial charge in [0.15, 0.2) is 0 Å². The highest BCUT2D eigenvalue weighted by molar-refractivity contribution is 5.02. The molecule has 2 atom stereocenters. The Bertz CT molecular complexity index is 234. The molecule has 0 aromatic heterocycles. The highest BCUT2D eigenvalue weighted by Gasteiger charge is 2.47. The van der Waals surface area contributed by atoms with E-state index < -0.39 is 0 Å². The fourth-order valence-electron chi connectivity index (χ4n) is 3.13. The van der Waals surface area contributed by atoms with E-state index in [0.717, 1.165) is 31.3 Å².